The summed E-state index contributed by atoms with van der Waals surface area (Å²) in [5.74, 6) is 0.892. The van der Waals surface area contributed by atoms with E-state index in [-0.39, 0.29) is 0 Å². The number of guanidine groups is 1. The molecule has 1 fully saturated rings. The van der Waals surface area contributed by atoms with E-state index in [0.717, 1.165) is 71.1 Å². The van der Waals surface area contributed by atoms with Gasteiger partial charge in [0.2, 0.25) is 0 Å². The van der Waals surface area contributed by atoms with Gasteiger partial charge in [-0.3, -0.25) is 4.99 Å². The molecule has 2 rings (SSSR count). The molecule has 0 aromatic heterocycles. The minimum Gasteiger partial charge on any atom is -0.381 e. The molecule has 26 heavy (non-hydrogen) atoms. The Bertz CT molecular complexity index is 534. The van der Waals surface area contributed by atoms with E-state index >= 15 is 0 Å². The van der Waals surface area contributed by atoms with Gasteiger partial charge in [-0.05, 0) is 52.0 Å². The Balaban J connectivity index is 1.66. The van der Waals surface area contributed by atoms with Crippen LogP contribution in [0.1, 0.15) is 42.9 Å². The molecule has 0 amide bonds. The van der Waals surface area contributed by atoms with Crippen molar-refractivity contribution in [1.82, 2.24) is 10.6 Å². The fourth-order valence-corrected chi connectivity index (χ4v) is 3.23. The third kappa shape index (κ3) is 8.19. The van der Waals surface area contributed by atoms with E-state index in [1.165, 1.54) is 16.7 Å². The molecule has 0 bridgehead atoms. The van der Waals surface area contributed by atoms with Crippen molar-refractivity contribution in [2.24, 2.45) is 4.99 Å². The van der Waals surface area contributed by atoms with Crippen LogP contribution in [0.5, 0.6) is 0 Å². The summed E-state index contributed by atoms with van der Waals surface area (Å²) in [5.41, 5.74) is 4.02. The molecule has 0 spiro atoms. The van der Waals surface area contributed by atoms with Crippen LogP contribution in [0.4, 0.5) is 0 Å². The Hall–Kier alpha value is -1.59. The molecule has 1 aromatic rings. The van der Waals surface area contributed by atoms with Gasteiger partial charge in [-0.15, -0.1) is 0 Å². The summed E-state index contributed by atoms with van der Waals surface area (Å²) in [7, 11) is 0. The van der Waals surface area contributed by atoms with Crippen LogP contribution in [0.3, 0.4) is 0 Å². The first-order valence-electron chi connectivity index (χ1n) is 9.96. The lowest BCUT2D eigenvalue weighted by atomic mass is 10.1. The van der Waals surface area contributed by atoms with Crippen molar-refractivity contribution >= 4 is 5.96 Å². The maximum absolute atomic E-state index is 5.90. The first kappa shape index (κ1) is 20.7. The van der Waals surface area contributed by atoms with Gasteiger partial charge in [0.25, 0.3) is 0 Å². The van der Waals surface area contributed by atoms with E-state index in [1.807, 2.05) is 0 Å². The molecular weight excluding hydrogens is 326 g/mol. The number of ether oxygens (including phenoxy) is 2. The molecular formula is C21H35N3O2. The van der Waals surface area contributed by atoms with Gasteiger partial charge in [-0.1, -0.05) is 29.3 Å². The average molecular weight is 362 g/mol. The molecule has 0 atom stereocenters. The summed E-state index contributed by atoms with van der Waals surface area (Å²) in [6, 6.07) is 6.73. The van der Waals surface area contributed by atoms with Crippen LogP contribution < -0.4 is 10.6 Å². The molecule has 5 nitrogen and oxygen atoms in total. The standard InChI is InChI=1S/C21H35N3O2/c1-4-22-21(23-9-5-11-26-20-7-12-25-13-8-20)24-10-6-19-15-17(2)14-18(3)16-19/h14-16,20H,4-13H2,1-3H3,(H2,22,23,24). The molecule has 5 heteroatoms. The number of rotatable bonds is 9. The Labute approximate surface area is 158 Å². The van der Waals surface area contributed by atoms with E-state index in [0.29, 0.717) is 6.10 Å². The minimum atomic E-state index is 0.372. The fourth-order valence-electron chi connectivity index (χ4n) is 3.23. The van der Waals surface area contributed by atoms with Gasteiger partial charge in [0.1, 0.15) is 0 Å². The summed E-state index contributed by atoms with van der Waals surface area (Å²) in [6.07, 6.45) is 4.36. The molecule has 1 aromatic carbocycles. The second-order valence-corrected chi connectivity index (χ2v) is 6.97. The van der Waals surface area contributed by atoms with Crippen LogP contribution >= 0.6 is 0 Å². The molecule has 1 aliphatic heterocycles. The number of hydrogen-bond acceptors (Lipinski definition) is 3. The molecule has 0 unspecified atom stereocenters. The number of nitrogens with zero attached hydrogens (tertiary/aromatic N) is 1. The zero-order valence-corrected chi connectivity index (χ0v) is 16.6. The summed E-state index contributed by atoms with van der Waals surface area (Å²) >= 11 is 0. The van der Waals surface area contributed by atoms with Gasteiger partial charge < -0.3 is 20.1 Å². The lowest BCUT2D eigenvalue weighted by Gasteiger charge is -2.22. The summed E-state index contributed by atoms with van der Waals surface area (Å²) in [4.78, 5) is 4.65. The number of nitrogens with one attached hydrogen (secondary N) is 2. The Morgan fingerprint density at radius 3 is 2.58 bits per heavy atom. The smallest absolute Gasteiger partial charge is 0.191 e. The van der Waals surface area contributed by atoms with Crippen molar-refractivity contribution in [3.63, 3.8) is 0 Å². The molecule has 0 aliphatic carbocycles. The SMILES string of the molecule is CCNC(=NCCCOC1CCOCC1)NCCc1cc(C)cc(C)c1. The van der Waals surface area contributed by atoms with E-state index < -0.39 is 0 Å². The van der Waals surface area contributed by atoms with Crippen LogP contribution in [0.15, 0.2) is 23.2 Å². The molecule has 0 radical (unpaired) electrons. The maximum atomic E-state index is 5.90. The predicted molar refractivity (Wildman–Crippen MR) is 108 cm³/mol. The lowest BCUT2D eigenvalue weighted by molar-refractivity contribution is -0.0318. The van der Waals surface area contributed by atoms with Crippen molar-refractivity contribution in [2.75, 3.05) is 39.5 Å². The zero-order valence-electron chi connectivity index (χ0n) is 16.6. The van der Waals surface area contributed by atoms with E-state index in [1.54, 1.807) is 0 Å². The van der Waals surface area contributed by atoms with Crippen LogP contribution in [0.2, 0.25) is 0 Å². The highest BCUT2D eigenvalue weighted by Crippen LogP contribution is 2.11. The zero-order chi connectivity index (χ0) is 18.6. The fraction of sp³-hybridized carbons (Fsp3) is 0.667. The van der Waals surface area contributed by atoms with Crippen LogP contribution in [-0.2, 0) is 15.9 Å². The quantitative estimate of drug-likeness (QED) is 0.403. The first-order valence-corrected chi connectivity index (χ1v) is 9.96. The normalized spacial score (nSPS) is 15.9. The van der Waals surface area contributed by atoms with Crippen molar-refractivity contribution < 1.29 is 9.47 Å². The van der Waals surface area contributed by atoms with Crippen molar-refractivity contribution in [3.05, 3.63) is 34.9 Å². The van der Waals surface area contributed by atoms with Gasteiger partial charge in [0.15, 0.2) is 5.96 Å². The molecule has 1 aliphatic rings. The first-order chi connectivity index (χ1) is 12.7. The molecule has 1 heterocycles. The van der Waals surface area contributed by atoms with E-state index in [2.05, 4.69) is 54.6 Å². The Kier molecular flexibility index (Phi) is 9.50. The van der Waals surface area contributed by atoms with E-state index in [9.17, 15) is 0 Å². The number of aryl methyl sites for hydroxylation is 2. The second kappa shape index (κ2) is 11.9. The molecule has 1 saturated heterocycles. The third-order valence-corrected chi connectivity index (χ3v) is 4.43. The largest absolute Gasteiger partial charge is 0.381 e. The predicted octanol–water partition coefficient (Wildman–Crippen LogP) is 2.99. The topological polar surface area (TPSA) is 54.9 Å². The second-order valence-electron chi connectivity index (χ2n) is 6.97. The Morgan fingerprint density at radius 2 is 1.88 bits per heavy atom. The van der Waals surface area contributed by atoms with Crippen LogP contribution in [0.25, 0.3) is 0 Å². The maximum Gasteiger partial charge on any atom is 0.191 e. The Morgan fingerprint density at radius 1 is 1.15 bits per heavy atom. The summed E-state index contributed by atoms with van der Waals surface area (Å²) < 4.78 is 11.2. The lowest BCUT2D eigenvalue weighted by Crippen LogP contribution is -2.38. The number of hydrogen-bond donors (Lipinski definition) is 2. The molecule has 0 saturated carbocycles. The third-order valence-electron chi connectivity index (χ3n) is 4.43. The summed E-state index contributed by atoms with van der Waals surface area (Å²) in [5, 5.41) is 6.74. The van der Waals surface area contributed by atoms with Gasteiger partial charge in [-0.25, -0.2) is 0 Å². The highest BCUT2D eigenvalue weighted by Gasteiger charge is 2.13. The van der Waals surface area contributed by atoms with Gasteiger partial charge in [-0.2, -0.15) is 0 Å². The van der Waals surface area contributed by atoms with Gasteiger partial charge in [0, 0.05) is 39.5 Å². The molecule has 146 valence electrons. The van der Waals surface area contributed by atoms with E-state index in [4.69, 9.17) is 9.47 Å². The van der Waals surface area contributed by atoms with Gasteiger partial charge >= 0.3 is 0 Å². The van der Waals surface area contributed by atoms with Crippen molar-refractivity contribution in [2.45, 2.75) is 52.6 Å². The molecule has 2 N–H and O–H groups in total. The van der Waals surface area contributed by atoms with Crippen LogP contribution in [-0.4, -0.2) is 51.5 Å². The van der Waals surface area contributed by atoms with Crippen molar-refractivity contribution in [3.8, 4) is 0 Å². The summed E-state index contributed by atoms with van der Waals surface area (Å²) in [6.45, 7) is 11.4. The highest BCUT2D eigenvalue weighted by atomic mass is 16.5. The number of aliphatic imine (C=N–C) groups is 1. The minimum absolute atomic E-state index is 0.372. The number of benzene rings is 1. The monoisotopic (exact) mass is 361 g/mol. The average Bonchev–Trinajstić information content (AvgIpc) is 2.61. The van der Waals surface area contributed by atoms with Gasteiger partial charge in [0.05, 0.1) is 6.10 Å². The van der Waals surface area contributed by atoms with Crippen molar-refractivity contribution in [1.29, 1.82) is 0 Å². The highest BCUT2D eigenvalue weighted by molar-refractivity contribution is 5.79. The van der Waals surface area contributed by atoms with Crippen LogP contribution in [0, 0.1) is 13.8 Å².